The van der Waals surface area contributed by atoms with E-state index in [-0.39, 0.29) is 11.5 Å². The van der Waals surface area contributed by atoms with Crippen LogP contribution in [0.15, 0.2) is 24.3 Å². The lowest BCUT2D eigenvalue weighted by molar-refractivity contribution is -0.189. The van der Waals surface area contributed by atoms with E-state index in [0.717, 1.165) is 13.0 Å². The Labute approximate surface area is 78.9 Å². The van der Waals surface area contributed by atoms with Crippen molar-refractivity contribution in [3.05, 3.63) is 24.3 Å². The molecule has 5 heteroatoms. The average molecular weight is 206 g/mol. The summed E-state index contributed by atoms with van der Waals surface area (Å²) in [6.45, 7) is 0.907. The van der Waals surface area contributed by atoms with Gasteiger partial charge in [-0.15, -0.1) is 0 Å². The lowest BCUT2D eigenvalue weighted by Gasteiger charge is -2.17. The minimum atomic E-state index is -4.40. The number of alkyl halides is 3. The van der Waals surface area contributed by atoms with Gasteiger partial charge in [0.25, 0.3) is 0 Å². The lowest BCUT2D eigenvalue weighted by Crippen LogP contribution is -2.31. The van der Waals surface area contributed by atoms with Crippen molar-refractivity contribution in [1.82, 2.24) is 0 Å². The molecule has 0 saturated carbocycles. The fraction of sp³-hybridized carbons (Fsp3) is 0.333. The smallest absolute Gasteiger partial charge is 0.425 e. The summed E-state index contributed by atoms with van der Waals surface area (Å²) in [5, 5.41) is 8.97. The van der Waals surface area contributed by atoms with Gasteiger partial charge in [0.1, 0.15) is 11.5 Å². The van der Waals surface area contributed by atoms with Crippen LogP contribution in [-0.4, -0.2) is 17.4 Å². The first kappa shape index (κ1) is 10.7. The van der Waals surface area contributed by atoms with E-state index in [4.69, 9.17) is 5.11 Å². The van der Waals surface area contributed by atoms with E-state index in [2.05, 4.69) is 4.74 Å². The number of phenolic OH excluding ortho intramolecular Hbond substituents is 1. The SMILES string of the molecule is CC(Oc1cccc(O)c1)C(F)(F)F. The molecule has 1 aromatic carbocycles. The number of hydrogen-bond acceptors (Lipinski definition) is 2. The summed E-state index contributed by atoms with van der Waals surface area (Å²) in [4.78, 5) is 0. The van der Waals surface area contributed by atoms with Gasteiger partial charge in [0.15, 0.2) is 6.10 Å². The van der Waals surface area contributed by atoms with Crippen LogP contribution in [0.2, 0.25) is 0 Å². The third-order valence-electron chi connectivity index (χ3n) is 1.59. The van der Waals surface area contributed by atoms with Gasteiger partial charge in [-0.05, 0) is 19.1 Å². The third-order valence-corrected chi connectivity index (χ3v) is 1.59. The number of benzene rings is 1. The highest BCUT2D eigenvalue weighted by Crippen LogP contribution is 2.26. The maximum Gasteiger partial charge on any atom is 0.425 e. The monoisotopic (exact) mass is 206 g/mol. The van der Waals surface area contributed by atoms with Crippen molar-refractivity contribution in [3.8, 4) is 11.5 Å². The molecule has 1 rings (SSSR count). The number of halogens is 3. The van der Waals surface area contributed by atoms with Gasteiger partial charge >= 0.3 is 6.18 Å². The molecule has 14 heavy (non-hydrogen) atoms. The molecular formula is C9H9F3O2. The van der Waals surface area contributed by atoms with Crippen LogP contribution in [0.5, 0.6) is 11.5 Å². The van der Waals surface area contributed by atoms with Gasteiger partial charge in [-0.1, -0.05) is 6.07 Å². The van der Waals surface area contributed by atoms with Gasteiger partial charge in [0.05, 0.1) is 0 Å². The minimum absolute atomic E-state index is 0.00479. The fourth-order valence-electron chi connectivity index (χ4n) is 0.828. The first-order valence-corrected chi connectivity index (χ1v) is 3.92. The van der Waals surface area contributed by atoms with Gasteiger partial charge < -0.3 is 9.84 Å². The van der Waals surface area contributed by atoms with Crippen molar-refractivity contribution in [3.63, 3.8) is 0 Å². The zero-order valence-corrected chi connectivity index (χ0v) is 7.38. The Balaban J connectivity index is 2.70. The van der Waals surface area contributed by atoms with Crippen LogP contribution >= 0.6 is 0 Å². The number of rotatable bonds is 2. The van der Waals surface area contributed by atoms with Crippen LogP contribution in [0, 0.1) is 0 Å². The normalized spacial score (nSPS) is 13.7. The summed E-state index contributed by atoms with van der Waals surface area (Å²) in [6.07, 6.45) is -6.28. The zero-order chi connectivity index (χ0) is 10.8. The van der Waals surface area contributed by atoms with E-state index in [1.165, 1.54) is 18.2 Å². The van der Waals surface area contributed by atoms with E-state index >= 15 is 0 Å². The Morgan fingerprint density at radius 1 is 1.36 bits per heavy atom. The Bertz CT molecular complexity index is 309. The maximum atomic E-state index is 12.0. The molecular weight excluding hydrogens is 197 g/mol. The summed E-state index contributed by atoms with van der Waals surface area (Å²) in [5.74, 6) is -0.133. The molecule has 0 fully saturated rings. The molecule has 0 aliphatic carbocycles. The molecule has 0 aliphatic heterocycles. The second-order valence-corrected chi connectivity index (χ2v) is 2.80. The van der Waals surface area contributed by atoms with Gasteiger partial charge in [-0.2, -0.15) is 13.2 Å². The van der Waals surface area contributed by atoms with Gasteiger partial charge in [0, 0.05) is 6.07 Å². The molecule has 1 N–H and O–H groups in total. The van der Waals surface area contributed by atoms with Crippen LogP contribution in [0.25, 0.3) is 0 Å². The van der Waals surface area contributed by atoms with E-state index in [0.29, 0.717) is 0 Å². The number of phenols is 1. The van der Waals surface area contributed by atoms with Gasteiger partial charge in [0.2, 0.25) is 0 Å². The van der Waals surface area contributed by atoms with Crippen molar-refractivity contribution in [2.24, 2.45) is 0 Å². The first-order chi connectivity index (χ1) is 6.39. The zero-order valence-electron chi connectivity index (χ0n) is 7.38. The van der Waals surface area contributed by atoms with Crippen molar-refractivity contribution in [1.29, 1.82) is 0 Å². The summed E-state index contributed by atoms with van der Waals surface area (Å²) in [6, 6.07) is 5.24. The summed E-state index contributed by atoms with van der Waals surface area (Å²) >= 11 is 0. The predicted molar refractivity (Wildman–Crippen MR) is 44.3 cm³/mol. The highest BCUT2D eigenvalue weighted by molar-refractivity contribution is 5.31. The Morgan fingerprint density at radius 2 is 2.00 bits per heavy atom. The predicted octanol–water partition coefficient (Wildman–Crippen LogP) is 2.72. The number of ether oxygens (including phenoxy) is 1. The average Bonchev–Trinajstić information content (AvgIpc) is 2.02. The summed E-state index contributed by atoms with van der Waals surface area (Å²) < 4.78 is 40.7. The largest absolute Gasteiger partial charge is 0.508 e. The Morgan fingerprint density at radius 3 is 2.50 bits per heavy atom. The molecule has 78 valence electrons. The molecule has 0 aromatic heterocycles. The van der Waals surface area contributed by atoms with E-state index in [1.54, 1.807) is 0 Å². The molecule has 0 bridgehead atoms. The standard InChI is InChI=1S/C9H9F3O2/c1-6(9(10,11)12)14-8-4-2-3-7(13)5-8/h2-6,13H,1H3. The molecule has 1 aromatic rings. The summed E-state index contributed by atoms with van der Waals surface area (Å²) in [7, 11) is 0. The van der Waals surface area contributed by atoms with E-state index in [1.807, 2.05) is 0 Å². The van der Waals surface area contributed by atoms with Gasteiger partial charge in [-0.3, -0.25) is 0 Å². The van der Waals surface area contributed by atoms with Crippen molar-refractivity contribution in [2.45, 2.75) is 19.2 Å². The Hall–Kier alpha value is -1.39. The van der Waals surface area contributed by atoms with Crippen molar-refractivity contribution in [2.75, 3.05) is 0 Å². The van der Waals surface area contributed by atoms with Crippen molar-refractivity contribution >= 4 is 0 Å². The number of hydrogen-bond donors (Lipinski definition) is 1. The van der Waals surface area contributed by atoms with Crippen molar-refractivity contribution < 1.29 is 23.0 Å². The quantitative estimate of drug-likeness (QED) is 0.806. The molecule has 0 radical (unpaired) electrons. The Kier molecular flexibility index (Phi) is 2.88. The molecule has 2 nitrogen and oxygen atoms in total. The highest BCUT2D eigenvalue weighted by Gasteiger charge is 2.37. The van der Waals surface area contributed by atoms with E-state index < -0.39 is 12.3 Å². The molecule has 1 unspecified atom stereocenters. The minimum Gasteiger partial charge on any atom is -0.508 e. The van der Waals surface area contributed by atoms with E-state index in [9.17, 15) is 13.2 Å². The second-order valence-electron chi connectivity index (χ2n) is 2.80. The lowest BCUT2D eigenvalue weighted by atomic mass is 10.3. The van der Waals surface area contributed by atoms with Crippen LogP contribution < -0.4 is 4.74 Å². The molecule has 0 amide bonds. The van der Waals surface area contributed by atoms with Crippen LogP contribution in [-0.2, 0) is 0 Å². The molecule has 0 saturated heterocycles. The third kappa shape index (κ3) is 2.83. The molecule has 1 atom stereocenters. The first-order valence-electron chi connectivity index (χ1n) is 3.92. The second kappa shape index (κ2) is 3.77. The van der Waals surface area contributed by atoms with Crippen LogP contribution in [0.3, 0.4) is 0 Å². The van der Waals surface area contributed by atoms with Crippen LogP contribution in [0.4, 0.5) is 13.2 Å². The number of aromatic hydroxyl groups is 1. The molecule has 0 aliphatic rings. The summed E-state index contributed by atoms with van der Waals surface area (Å²) in [5.41, 5.74) is 0. The highest BCUT2D eigenvalue weighted by atomic mass is 19.4. The van der Waals surface area contributed by atoms with Gasteiger partial charge in [-0.25, -0.2) is 0 Å². The van der Waals surface area contributed by atoms with Crippen LogP contribution in [0.1, 0.15) is 6.92 Å². The molecule has 0 heterocycles. The molecule has 0 spiro atoms. The fourth-order valence-corrected chi connectivity index (χ4v) is 0.828. The maximum absolute atomic E-state index is 12.0. The topological polar surface area (TPSA) is 29.5 Å².